The van der Waals surface area contributed by atoms with Crippen LogP contribution >= 0.6 is 0 Å². The number of nitrogens with zero attached hydrogens (tertiary/aromatic N) is 1. The molecule has 1 amide bonds. The lowest BCUT2D eigenvalue weighted by Crippen LogP contribution is -2.39. The topological polar surface area (TPSA) is 46.6 Å². The van der Waals surface area contributed by atoms with E-state index in [1.165, 1.54) is 13.8 Å². The largest absolute Gasteiger partial charge is 0.455 e. The predicted octanol–water partition coefficient (Wildman–Crippen LogP) is 2.16. The van der Waals surface area contributed by atoms with E-state index in [0.29, 0.717) is 0 Å². The minimum Gasteiger partial charge on any atom is -0.455 e. The zero-order chi connectivity index (χ0) is 13.7. The van der Waals surface area contributed by atoms with Gasteiger partial charge in [-0.1, -0.05) is 30.3 Å². The average molecular weight is 249 g/mol. The van der Waals surface area contributed by atoms with Gasteiger partial charge in [0.05, 0.1) is 6.04 Å². The number of hydrogen-bond acceptors (Lipinski definition) is 3. The molecular weight excluding hydrogens is 230 g/mol. The molecule has 0 saturated carbocycles. The second-order valence-electron chi connectivity index (χ2n) is 4.31. The summed E-state index contributed by atoms with van der Waals surface area (Å²) in [5.41, 5.74) is 0.883. The van der Waals surface area contributed by atoms with Crippen LogP contribution < -0.4 is 0 Å². The van der Waals surface area contributed by atoms with Crippen molar-refractivity contribution in [3.63, 3.8) is 0 Å². The first-order valence-corrected chi connectivity index (χ1v) is 5.89. The van der Waals surface area contributed by atoms with Crippen LogP contribution in [0.1, 0.15) is 32.4 Å². The Morgan fingerprint density at radius 3 is 2.17 bits per heavy atom. The van der Waals surface area contributed by atoms with Gasteiger partial charge in [-0.15, -0.1) is 0 Å². The Kier molecular flexibility index (Phi) is 4.89. The number of carbonyl (C=O) groups excluding carboxylic acids is 2. The summed E-state index contributed by atoms with van der Waals surface area (Å²) in [6.07, 6.45) is -0.447. The highest BCUT2D eigenvalue weighted by molar-refractivity contribution is 5.73. The van der Waals surface area contributed by atoms with Gasteiger partial charge in [0.25, 0.3) is 0 Å². The molecule has 2 atom stereocenters. The lowest BCUT2D eigenvalue weighted by atomic mass is 10.0. The van der Waals surface area contributed by atoms with Crippen molar-refractivity contribution in [3.05, 3.63) is 35.9 Å². The quantitative estimate of drug-likeness (QED) is 0.768. The predicted molar refractivity (Wildman–Crippen MR) is 68.9 cm³/mol. The molecule has 0 spiro atoms. The molecule has 1 rings (SSSR count). The normalized spacial score (nSPS) is 13.6. The van der Waals surface area contributed by atoms with E-state index >= 15 is 0 Å². The van der Waals surface area contributed by atoms with E-state index in [2.05, 4.69) is 0 Å². The molecule has 0 heterocycles. The Labute approximate surface area is 108 Å². The molecule has 4 nitrogen and oxygen atoms in total. The van der Waals surface area contributed by atoms with Crippen LogP contribution in [0.5, 0.6) is 0 Å². The molecule has 0 aliphatic heterocycles. The average Bonchev–Trinajstić information content (AvgIpc) is 2.35. The fourth-order valence-corrected chi connectivity index (χ4v) is 1.76. The highest BCUT2D eigenvalue weighted by Gasteiger charge is 2.26. The number of amides is 1. The van der Waals surface area contributed by atoms with Gasteiger partial charge in [-0.25, -0.2) is 0 Å². The van der Waals surface area contributed by atoms with Crippen molar-refractivity contribution in [1.29, 1.82) is 0 Å². The fourth-order valence-electron chi connectivity index (χ4n) is 1.76. The lowest BCUT2D eigenvalue weighted by molar-refractivity contribution is -0.152. The summed E-state index contributed by atoms with van der Waals surface area (Å²) in [6, 6.07) is 9.22. The Morgan fingerprint density at radius 2 is 1.72 bits per heavy atom. The van der Waals surface area contributed by atoms with Crippen molar-refractivity contribution in [1.82, 2.24) is 4.90 Å². The number of ether oxygens (including phenoxy) is 1. The first-order chi connectivity index (χ1) is 8.43. The summed E-state index contributed by atoms with van der Waals surface area (Å²) in [4.78, 5) is 24.2. The van der Waals surface area contributed by atoms with Gasteiger partial charge in [0.15, 0.2) is 0 Å². The van der Waals surface area contributed by atoms with Crippen LogP contribution in [0, 0.1) is 0 Å². The van der Waals surface area contributed by atoms with Crippen LogP contribution in [0.4, 0.5) is 0 Å². The minimum atomic E-state index is -0.447. The van der Waals surface area contributed by atoms with E-state index in [-0.39, 0.29) is 17.9 Å². The van der Waals surface area contributed by atoms with Gasteiger partial charge in [0, 0.05) is 20.9 Å². The molecule has 0 fully saturated rings. The first kappa shape index (κ1) is 14.2. The van der Waals surface area contributed by atoms with Crippen LogP contribution in [0.2, 0.25) is 0 Å². The fraction of sp³-hybridized carbons (Fsp3) is 0.429. The van der Waals surface area contributed by atoms with Crippen molar-refractivity contribution >= 4 is 11.9 Å². The van der Waals surface area contributed by atoms with Gasteiger partial charge in [0.1, 0.15) is 6.10 Å². The van der Waals surface area contributed by atoms with Crippen LogP contribution in [0.15, 0.2) is 30.3 Å². The zero-order valence-electron chi connectivity index (χ0n) is 11.2. The van der Waals surface area contributed by atoms with E-state index in [1.54, 1.807) is 11.9 Å². The summed E-state index contributed by atoms with van der Waals surface area (Å²) in [5, 5.41) is 0. The molecule has 0 aliphatic carbocycles. The van der Waals surface area contributed by atoms with Gasteiger partial charge in [-0.05, 0) is 12.5 Å². The molecule has 4 heteroatoms. The molecule has 0 aliphatic rings. The number of hydrogen-bond donors (Lipinski definition) is 0. The summed E-state index contributed by atoms with van der Waals surface area (Å²) in [7, 11) is 1.70. The van der Waals surface area contributed by atoms with Crippen LogP contribution in [-0.4, -0.2) is 29.9 Å². The molecule has 0 N–H and O–H groups in total. The Bertz CT molecular complexity index is 416. The third-order valence-corrected chi connectivity index (χ3v) is 2.97. The van der Waals surface area contributed by atoms with E-state index in [4.69, 9.17) is 4.74 Å². The minimum absolute atomic E-state index is 0.0596. The molecule has 98 valence electrons. The number of likely N-dealkylation sites (N-methyl/N-ethyl adjacent to an activating group) is 1. The van der Waals surface area contributed by atoms with Gasteiger partial charge >= 0.3 is 5.97 Å². The molecule has 18 heavy (non-hydrogen) atoms. The van der Waals surface area contributed by atoms with Gasteiger partial charge in [-0.2, -0.15) is 0 Å². The van der Waals surface area contributed by atoms with E-state index in [1.807, 2.05) is 37.3 Å². The number of carbonyl (C=O) groups is 2. The number of esters is 1. The molecule has 0 unspecified atom stereocenters. The number of rotatable bonds is 4. The first-order valence-electron chi connectivity index (χ1n) is 5.89. The standard InChI is InChI=1S/C14H19NO3/c1-10(15(4)11(2)16)14(18-12(3)17)13-8-6-5-7-9-13/h5-10,14H,1-4H3/t10-,14+/m0/s1. The Morgan fingerprint density at radius 1 is 1.17 bits per heavy atom. The Hall–Kier alpha value is -1.84. The smallest absolute Gasteiger partial charge is 0.303 e. The van der Waals surface area contributed by atoms with Crippen LogP contribution in [0.25, 0.3) is 0 Å². The molecular formula is C14H19NO3. The third kappa shape index (κ3) is 3.58. The highest BCUT2D eigenvalue weighted by Crippen LogP contribution is 2.24. The maximum Gasteiger partial charge on any atom is 0.303 e. The third-order valence-electron chi connectivity index (χ3n) is 2.97. The molecule has 1 aromatic carbocycles. The molecule has 0 bridgehead atoms. The molecule has 1 aromatic rings. The van der Waals surface area contributed by atoms with Crippen molar-refractivity contribution in [2.24, 2.45) is 0 Å². The van der Waals surface area contributed by atoms with Crippen molar-refractivity contribution in [2.45, 2.75) is 32.9 Å². The van der Waals surface area contributed by atoms with Gasteiger partial charge in [0.2, 0.25) is 5.91 Å². The summed E-state index contributed by atoms with van der Waals surface area (Å²) < 4.78 is 5.34. The number of benzene rings is 1. The second kappa shape index (κ2) is 6.19. The lowest BCUT2D eigenvalue weighted by Gasteiger charge is -2.31. The SMILES string of the molecule is CC(=O)O[C@@H](c1ccccc1)[C@H](C)N(C)C(C)=O. The van der Waals surface area contributed by atoms with Crippen molar-refractivity contribution in [2.75, 3.05) is 7.05 Å². The van der Waals surface area contributed by atoms with Crippen LogP contribution in [0.3, 0.4) is 0 Å². The van der Waals surface area contributed by atoms with Gasteiger partial charge in [-0.3, -0.25) is 9.59 Å². The maximum atomic E-state index is 11.4. The van der Waals surface area contributed by atoms with E-state index in [9.17, 15) is 9.59 Å². The van der Waals surface area contributed by atoms with Crippen molar-refractivity contribution < 1.29 is 14.3 Å². The summed E-state index contributed by atoms with van der Waals surface area (Å²) >= 11 is 0. The second-order valence-corrected chi connectivity index (χ2v) is 4.31. The molecule has 0 radical (unpaired) electrons. The summed E-state index contributed by atoms with van der Waals surface area (Å²) in [6.45, 7) is 4.73. The molecule has 0 aromatic heterocycles. The molecule has 0 saturated heterocycles. The summed E-state index contributed by atoms with van der Waals surface area (Å²) in [5.74, 6) is -0.414. The van der Waals surface area contributed by atoms with Gasteiger partial charge < -0.3 is 9.64 Å². The van der Waals surface area contributed by atoms with Crippen molar-refractivity contribution in [3.8, 4) is 0 Å². The van der Waals surface area contributed by atoms with Crippen LogP contribution in [-0.2, 0) is 14.3 Å². The monoisotopic (exact) mass is 249 g/mol. The Balaban J connectivity index is 2.98. The highest BCUT2D eigenvalue weighted by atomic mass is 16.5. The van der Waals surface area contributed by atoms with E-state index < -0.39 is 6.10 Å². The zero-order valence-corrected chi connectivity index (χ0v) is 11.2. The van der Waals surface area contributed by atoms with E-state index in [0.717, 1.165) is 5.56 Å². The maximum absolute atomic E-state index is 11.4.